The number of aromatic nitrogens is 2. The lowest BCUT2D eigenvalue weighted by Crippen LogP contribution is -2.27. The van der Waals surface area contributed by atoms with E-state index in [0.717, 1.165) is 37.1 Å². The fourth-order valence-corrected chi connectivity index (χ4v) is 3.27. The first-order valence-electron chi connectivity index (χ1n) is 7.32. The molecule has 1 N–H and O–H groups in total. The quantitative estimate of drug-likeness (QED) is 0.917. The van der Waals surface area contributed by atoms with E-state index in [0.29, 0.717) is 5.92 Å². The lowest BCUT2D eigenvalue weighted by molar-refractivity contribution is 0.786. The van der Waals surface area contributed by atoms with Gasteiger partial charge in [0.05, 0.1) is 0 Å². The molecule has 0 aromatic carbocycles. The number of thioether (sulfide) groups is 1. The zero-order valence-corrected chi connectivity index (χ0v) is 12.4. The summed E-state index contributed by atoms with van der Waals surface area (Å²) in [4.78, 5) is 11.9. The van der Waals surface area contributed by atoms with E-state index in [9.17, 15) is 0 Å². The van der Waals surface area contributed by atoms with Gasteiger partial charge in [-0.25, -0.2) is 9.97 Å². The minimum Gasteiger partial charge on any atom is -0.370 e. The summed E-state index contributed by atoms with van der Waals surface area (Å²) < 4.78 is 0. The van der Waals surface area contributed by atoms with E-state index in [1.165, 1.54) is 30.8 Å². The molecule has 1 saturated heterocycles. The molecule has 2 fully saturated rings. The van der Waals surface area contributed by atoms with Gasteiger partial charge in [0.1, 0.15) is 17.5 Å². The van der Waals surface area contributed by atoms with E-state index in [1.807, 2.05) is 0 Å². The van der Waals surface area contributed by atoms with Gasteiger partial charge < -0.3 is 10.2 Å². The van der Waals surface area contributed by atoms with Crippen molar-refractivity contribution in [3.05, 3.63) is 11.9 Å². The molecule has 1 aliphatic heterocycles. The third kappa shape index (κ3) is 3.32. The highest BCUT2D eigenvalue weighted by Crippen LogP contribution is 2.39. The average molecular weight is 278 g/mol. The minimum absolute atomic E-state index is 0.610. The summed E-state index contributed by atoms with van der Waals surface area (Å²) in [5.41, 5.74) is 0. The van der Waals surface area contributed by atoms with Crippen molar-refractivity contribution < 1.29 is 0 Å². The van der Waals surface area contributed by atoms with Crippen LogP contribution in [0.15, 0.2) is 6.07 Å². The van der Waals surface area contributed by atoms with E-state index in [-0.39, 0.29) is 0 Å². The van der Waals surface area contributed by atoms with Gasteiger partial charge in [0.2, 0.25) is 0 Å². The van der Waals surface area contributed by atoms with E-state index in [4.69, 9.17) is 4.98 Å². The summed E-state index contributed by atoms with van der Waals surface area (Å²) in [6, 6.07) is 2.12. The highest BCUT2D eigenvalue weighted by atomic mass is 32.2. The van der Waals surface area contributed by atoms with Crippen LogP contribution in [0.1, 0.15) is 37.9 Å². The maximum atomic E-state index is 4.81. The van der Waals surface area contributed by atoms with Gasteiger partial charge in [0.25, 0.3) is 0 Å². The molecule has 0 radical (unpaired) electrons. The first-order chi connectivity index (χ1) is 9.36. The largest absolute Gasteiger partial charge is 0.370 e. The third-order valence-corrected chi connectivity index (χ3v) is 4.63. The zero-order valence-electron chi connectivity index (χ0n) is 11.6. The van der Waals surface area contributed by atoms with Crippen molar-refractivity contribution in [2.45, 2.75) is 32.1 Å². The van der Waals surface area contributed by atoms with E-state index >= 15 is 0 Å². The van der Waals surface area contributed by atoms with Crippen molar-refractivity contribution in [2.75, 3.05) is 41.4 Å². The Kier molecular flexibility index (Phi) is 4.11. The summed E-state index contributed by atoms with van der Waals surface area (Å²) >= 11 is 2.05. The average Bonchev–Trinajstić information content (AvgIpc) is 3.26. The fraction of sp³-hybridized carbons (Fsp3) is 0.714. The Labute approximate surface area is 119 Å². The number of nitrogens with zero attached hydrogens (tertiary/aromatic N) is 3. The molecule has 1 aromatic rings. The molecule has 104 valence electrons. The molecule has 1 saturated carbocycles. The molecule has 1 aliphatic carbocycles. The molecular formula is C14H22N4S. The Morgan fingerprint density at radius 1 is 1.32 bits per heavy atom. The van der Waals surface area contributed by atoms with Crippen LogP contribution in [0, 0.1) is 0 Å². The van der Waals surface area contributed by atoms with Gasteiger partial charge in [0, 0.05) is 37.4 Å². The van der Waals surface area contributed by atoms with Crippen LogP contribution in [0.3, 0.4) is 0 Å². The smallest absolute Gasteiger partial charge is 0.136 e. The molecule has 0 spiro atoms. The molecule has 2 aliphatic rings. The summed E-state index contributed by atoms with van der Waals surface area (Å²) in [5.74, 6) is 6.25. The second-order valence-electron chi connectivity index (χ2n) is 5.23. The van der Waals surface area contributed by atoms with E-state index in [1.54, 1.807) is 0 Å². The molecule has 3 rings (SSSR count). The molecular weight excluding hydrogens is 256 g/mol. The van der Waals surface area contributed by atoms with Crippen LogP contribution in [0.5, 0.6) is 0 Å². The van der Waals surface area contributed by atoms with Crippen LogP contribution in [0.4, 0.5) is 11.6 Å². The second kappa shape index (κ2) is 5.99. The normalized spacial score (nSPS) is 20.2. The summed E-state index contributed by atoms with van der Waals surface area (Å²) in [6.07, 6.45) is 3.76. The van der Waals surface area contributed by atoms with E-state index in [2.05, 4.69) is 40.0 Å². The lowest BCUT2D eigenvalue weighted by atomic mass is 10.3. The maximum absolute atomic E-state index is 4.81. The predicted molar refractivity (Wildman–Crippen MR) is 82.3 cm³/mol. The number of hydrogen-bond donors (Lipinski definition) is 1. The Balaban J connectivity index is 1.85. The summed E-state index contributed by atoms with van der Waals surface area (Å²) in [6.45, 7) is 5.26. The number of hydrogen-bond acceptors (Lipinski definition) is 5. The molecule has 0 amide bonds. The van der Waals surface area contributed by atoms with E-state index < -0.39 is 0 Å². The van der Waals surface area contributed by atoms with Crippen LogP contribution >= 0.6 is 11.8 Å². The predicted octanol–water partition coefficient (Wildman–Crippen LogP) is 2.73. The topological polar surface area (TPSA) is 41.0 Å². The molecule has 5 heteroatoms. The van der Waals surface area contributed by atoms with Crippen molar-refractivity contribution in [3.8, 4) is 0 Å². The van der Waals surface area contributed by atoms with Gasteiger partial charge in [-0.05, 0) is 31.9 Å². The summed E-state index contributed by atoms with van der Waals surface area (Å²) in [7, 11) is 0. The highest BCUT2D eigenvalue weighted by Gasteiger charge is 2.28. The Morgan fingerprint density at radius 2 is 2.21 bits per heavy atom. The van der Waals surface area contributed by atoms with Crippen LogP contribution < -0.4 is 10.2 Å². The number of nitrogens with one attached hydrogen (secondary N) is 1. The third-order valence-electron chi connectivity index (χ3n) is 3.58. The Bertz CT molecular complexity index is 425. The van der Waals surface area contributed by atoms with Crippen molar-refractivity contribution in [1.82, 2.24) is 9.97 Å². The van der Waals surface area contributed by atoms with Gasteiger partial charge in [-0.1, -0.05) is 0 Å². The van der Waals surface area contributed by atoms with Crippen molar-refractivity contribution in [3.63, 3.8) is 0 Å². The fourth-order valence-electron chi connectivity index (χ4n) is 2.39. The van der Waals surface area contributed by atoms with Crippen LogP contribution in [-0.2, 0) is 0 Å². The summed E-state index contributed by atoms with van der Waals surface area (Å²) in [5, 5.41) is 3.34. The second-order valence-corrected chi connectivity index (χ2v) is 6.45. The standard InChI is InChI=1S/C14H22N4S/c1-2-15-12-10-13(17-14(16-12)11-4-5-11)18-6-3-8-19-9-7-18/h10-11H,2-9H2,1H3,(H,15,16,17). The first-order valence-corrected chi connectivity index (χ1v) is 8.48. The Morgan fingerprint density at radius 3 is 3.00 bits per heavy atom. The zero-order chi connectivity index (χ0) is 13.1. The molecule has 4 nitrogen and oxygen atoms in total. The van der Waals surface area contributed by atoms with Gasteiger partial charge in [-0.3, -0.25) is 0 Å². The van der Waals surface area contributed by atoms with Crippen LogP contribution in [0.25, 0.3) is 0 Å². The van der Waals surface area contributed by atoms with Crippen LogP contribution in [-0.4, -0.2) is 41.1 Å². The molecule has 1 aromatic heterocycles. The molecule has 2 heterocycles. The first kappa shape index (κ1) is 13.0. The highest BCUT2D eigenvalue weighted by molar-refractivity contribution is 7.99. The van der Waals surface area contributed by atoms with Crippen molar-refractivity contribution in [1.29, 1.82) is 0 Å². The number of rotatable bonds is 4. The Hall–Kier alpha value is -0.970. The van der Waals surface area contributed by atoms with Gasteiger partial charge in [-0.2, -0.15) is 11.8 Å². The molecule has 0 atom stereocenters. The SMILES string of the molecule is CCNc1cc(N2CCCSCC2)nc(C2CC2)n1. The van der Waals surface area contributed by atoms with Gasteiger partial charge in [-0.15, -0.1) is 0 Å². The number of anilines is 2. The van der Waals surface area contributed by atoms with Gasteiger partial charge in [0.15, 0.2) is 0 Å². The van der Waals surface area contributed by atoms with Crippen molar-refractivity contribution in [2.24, 2.45) is 0 Å². The molecule has 0 bridgehead atoms. The maximum Gasteiger partial charge on any atom is 0.136 e. The molecule has 19 heavy (non-hydrogen) atoms. The minimum atomic E-state index is 0.610. The monoisotopic (exact) mass is 278 g/mol. The van der Waals surface area contributed by atoms with Crippen LogP contribution in [0.2, 0.25) is 0 Å². The van der Waals surface area contributed by atoms with Gasteiger partial charge >= 0.3 is 0 Å². The van der Waals surface area contributed by atoms with Crippen molar-refractivity contribution >= 4 is 23.4 Å². The lowest BCUT2D eigenvalue weighted by Gasteiger charge is -2.22. The molecule has 0 unspecified atom stereocenters.